The van der Waals surface area contributed by atoms with Gasteiger partial charge in [0.05, 0.1) is 6.61 Å². The standard InChI is InChI=1S/C17H25NO2/c1-12(18-16-5-3-2-4-15(16)11-19)13-6-7-17-14(10-13)8-9-20-17/h6-7,10,12,15-16,18-19H,2-5,8-9,11H2,1H3. The van der Waals surface area contributed by atoms with Crippen molar-refractivity contribution in [2.24, 2.45) is 5.92 Å². The van der Waals surface area contributed by atoms with Gasteiger partial charge < -0.3 is 15.2 Å². The van der Waals surface area contributed by atoms with Gasteiger partial charge in [0.2, 0.25) is 0 Å². The average Bonchev–Trinajstić information content (AvgIpc) is 2.95. The first-order valence-electron chi connectivity index (χ1n) is 7.90. The van der Waals surface area contributed by atoms with E-state index in [4.69, 9.17) is 4.74 Å². The first-order valence-corrected chi connectivity index (χ1v) is 7.90. The van der Waals surface area contributed by atoms with Crippen LogP contribution >= 0.6 is 0 Å². The molecule has 3 unspecified atom stereocenters. The number of nitrogens with one attached hydrogen (secondary N) is 1. The molecule has 1 heterocycles. The molecule has 0 radical (unpaired) electrons. The van der Waals surface area contributed by atoms with E-state index in [1.807, 2.05) is 0 Å². The minimum Gasteiger partial charge on any atom is -0.493 e. The molecule has 2 N–H and O–H groups in total. The van der Waals surface area contributed by atoms with Crippen LogP contribution in [0.4, 0.5) is 0 Å². The van der Waals surface area contributed by atoms with Gasteiger partial charge in [-0.2, -0.15) is 0 Å². The Morgan fingerprint density at radius 1 is 1.35 bits per heavy atom. The summed E-state index contributed by atoms with van der Waals surface area (Å²) < 4.78 is 5.56. The highest BCUT2D eigenvalue weighted by Gasteiger charge is 2.26. The van der Waals surface area contributed by atoms with Crippen molar-refractivity contribution in [3.05, 3.63) is 29.3 Å². The quantitative estimate of drug-likeness (QED) is 0.888. The summed E-state index contributed by atoms with van der Waals surface area (Å²) in [5, 5.41) is 13.2. The van der Waals surface area contributed by atoms with E-state index in [0.717, 1.165) is 25.2 Å². The van der Waals surface area contributed by atoms with Crippen molar-refractivity contribution in [3.63, 3.8) is 0 Å². The van der Waals surface area contributed by atoms with Gasteiger partial charge in [0, 0.05) is 25.1 Å². The molecule has 0 aromatic heterocycles. The number of aliphatic hydroxyl groups is 1. The molecule has 1 aromatic carbocycles. The zero-order valence-corrected chi connectivity index (χ0v) is 12.3. The Morgan fingerprint density at radius 2 is 2.20 bits per heavy atom. The van der Waals surface area contributed by atoms with Gasteiger partial charge in [-0.15, -0.1) is 0 Å². The Hall–Kier alpha value is -1.06. The Bertz CT molecular complexity index is 460. The number of hydrogen-bond donors (Lipinski definition) is 2. The van der Waals surface area contributed by atoms with Crippen LogP contribution in [0.2, 0.25) is 0 Å². The van der Waals surface area contributed by atoms with E-state index in [-0.39, 0.29) is 0 Å². The molecule has 1 fully saturated rings. The molecule has 2 aliphatic rings. The van der Waals surface area contributed by atoms with Crippen LogP contribution in [0.15, 0.2) is 18.2 Å². The molecular formula is C17H25NO2. The summed E-state index contributed by atoms with van der Waals surface area (Å²) in [6.07, 6.45) is 5.90. The normalized spacial score (nSPS) is 26.9. The summed E-state index contributed by atoms with van der Waals surface area (Å²) in [5.41, 5.74) is 2.66. The molecule has 0 saturated heterocycles. The molecule has 1 aromatic rings. The van der Waals surface area contributed by atoms with E-state index in [0.29, 0.717) is 24.6 Å². The number of fused-ring (bicyclic) bond motifs is 1. The summed E-state index contributed by atoms with van der Waals surface area (Å²) in [7, 11) is 0. The number of benzene rings is 1. The van der Waals surface area contributed by atoms with Gasteiger partial charge >= 0.3 is 0 Å². The lowest BCUT2D eigenvalue weighted by Crippen LogP contribution is -2.41. The molecule has 20 heavy (non-hydrogen) atoms. The predicted molar refractivity (Wildman–Crippen MR) is 80.0 cm³/mol. The molecule has 0 amide bonds. The lowest BCUT2D eigenvalue weighted by molar-refractivity contribution is 0.147. The van der Waals surface area contributed by atoms with Crippen LogP contribution < -0.4 is 10.1 Å². The van der Waals surface area contributed by atoms with Crippen molar-refractivity contribution >= 4 is 0 Å². The lowest BCUT2D eigenvalue weighted by Gasteiger charge is -2.33. The fourth-order valence-corrected chi connectivity index (χ4v) is 3.54. The fraction of sp³-hybridized carbons (Fsp3) is 0.647. The average molecular weight is 275 g/mol. The molecule has 3 heteroatoms. The van der Waals surface area contributed by atoms with E-state index in [2.05, 4.69) is 30.4 Å². The van der Waals surface area contributed by atoms with Crippen LogP contribution in [0, 0.1) is 5.92 Å². The smallest absolute Gasteiger partial charge is 0.122 e. The zero-order valence-electron chi connectivity index (χ0n) is 12.3. The molecule has 0 bridgehead atoms. The van der Waals surface area contributed by atoms with Crippen molar-refractivity contribution in [1.29, 1.82) is 0 Å². The van der Waals surface area contributed by atoms with E-state index in [9.17, 15) is 5.11 Å². The highest BCUT2D eigenvalue weighted by molar-refractivity contribution is 5.40. The van der Waals surface area contributed by atoms with Gasteiger partial charge in [0.1, 0.15) is 5.75 Å². The Kier molecular flexibility index (Phi) is 4.27. The third kappa shape index (κ3) is 2.84. The monoisotopic (exact) mass is 275 g/mol. The van der Waals surface area contributed by atoms with Gasteiger partial charge in [-0.1, -0.05) is 25.0 Å². The lowest BCUT2D eigenvalue weighted by atomic mass is 9.84. The summed E-state index contributed by atoms with van der Waals surface area (Å²) in [4.78, 5) is 0. The third-order valence-electron chi connectivity index (χ3n) is 4.82. The maximum Gasteiger partial charge on any atom is 0.122 e. The second-order valence-electron chi connectivity index (χ2n) is 6.19. The highest BCUT2D eigenvalue weighted by Crippen LogP contribution is 2.30. The zero-order chi connectivity index (χ0) is 13.9. The minimum absolute atomic E-state index is 0.308. The van der Waals surface area contributed by atoms with Crippen LogP contribution in [0.5, 0.6) is 5.75 Å². The van der Waals surface area contributed by atoms with E-state index >= 15 is 0 Å². The molecule has 1 aliphatic carbocycles. The summed E-state index contributed by atoms with van der Waals surface area (Å²) >= 11 is 0. The number of ether oxygens (including phenoxy) is 1. The van der Waals surface area contributed by atoms with Gasteiger partial charge in [0.15, 0.2) is 0 Å². The minimum atomic E-state index is 0.308. The molecule has 0 spiro atoms. The highest BCUT2D eigenvalue weighted by atomic mass is 16.5. The van der Waals surface area contributed by atoms with Crippen molar-refractivity contribution in [2.45, 2.75) is 51.1 Å². The summed E-state index contributed by atoms with van der Waals surface area (Å²) in [6.45, 7) is 3.35. The van der Waals surface area contributed by atoms with Crippen molar-refractivity contribution in [3.8, 4) is 5.75 Å². The molecule has 1 aliphatic heterocycles. The molecule has 3 atom stereocenters. The molecule has 1 saturated carbocycles. The van der Waals surface area contributed by atoms with Crippen molar-refractivity contribution in [2.75, 3.05) is 13.2 Å². The van der Waals surface area contributed by atoms with Gasteiger partial charge in [-0.05, 0) is 42.9 Å². The first kappa shape index (κ1) is 13.9. The van der Waals surface area contributed by atoms with Crippen LogP contribution in [0.3, 0.4) is 0 Å². The molecule has 110 valence electrons. The van der Waals surface area contributed by atoms with Crippen LogP contribution in [-0.2, 0) is 6.42 Å². The van der Waals surface area contributed by atoms with Gasteiger partial charge in [0.25, 0.3) is 0 Å². The summed E-state index contributed by atoms with van der Waals surface area (Å²) in [5.74, 6) is 1.47. The predicted octanol–water partition coefficient (Wildman–Crippen LogP) is 2.82. The maximum absolute atomic E-state index is 9.52. The second kappa shape index (κ2) is 6.15. The van der Waals surface area contributed by atoms with Crippen molar-refractivity contribution in [1.82, 2.24) is 5.32 Å². The third-order valence-corrected chi connectivity index (χ3v) is 4.82. The number of rotatable bonds is 4. The van der Waals surface area contributed by atoms with E-state index < -0.39 is 0 Å². The molecule has 3 nitrogen and oxygen atoms in total. The number of hydrogen-bond acceptors (Lipinski definition) is 3. The first-order chi connectivity index (χ1) is 9.78. The van der Waals surface area contributed by atoms with Gasteiger partial charge in [-0.25, -0.2) is 0 Å². The van der Waals surface area contributed by atoms with Gasteiger partial charge in [-0.3, -0.25) is 0 Å². The van der Waals surface area contributed by atoms with Crippen LogP contribution in [0.1, 0.15) is 49.8 Å². The topological polar surface area (TPSA) is 41.5 Å². The van der Waals surface area contributed by atoms with Crippen LogP contribution in [-0.4, -0.2) is 24.4 Å². The SMILES string of the molecule is CC(NC1CCCCC1CO)c1ccc2c(c1)CCO2. The van der Waals surface area contributed by atoms with E-state index in [1.54, 1.807) is 0 Å². The maximum atomic E-state index is 9.52. The molecular weight excluding hydrogens is 250 g/mol. The Balaban J connectivity index is 1.67. The van der Waals surface area contributed by atoms with E-state index in [1.165, 1.54) is 30.4 Å². The number of aliphatic hydroxyl groups excluding tert-OH is 1. The summed E-state index contributed by atoms with van der Waals surface area (Å²) in [6, 6.07) is 7.32. The van der Waals surface area contributed by atoms with Crippen LogP contribution in [0.25, 0.3) is 0 Å². The fourth-order valence-electron chi connectivity index (χ4n) is 3.54. The second-order valence-corrected chi connectivity index (χ2v) is 6.19. The largest absolute Gasteiger partial charge is 0.493 e. The van der Waals surface area contributed by atoms with Crippen molar-refractivity contribution < 1.29 is 9.84 Å². The molecule has 3 rings (SSSR count). The Labute approximate surface area is 121 Å². The Morgan fingerprint density at radius 3 is 3.05 bits per heavy atom.